The van der Waals surface area contributed by atoms with E-state index in [9.17, 15) is 4.79 Å². The van der Waals surface area contributed by atoms with Gasteiger partial charge in [-0.1, -0.05) is 11.8 Å². The van der Waals surface area contributed by atoms with Crippen LogP contribution in [-0.4, -0.2) is 27.3 Å². The van der Waals surface area contributed by atoms with E-state index in [0.29, 0.717) is 11.1 Å². The Morgan fingerprint density at radius 2 is 2.53 bits per heavy atom. The first-order chi connectivity index (χ1) is 7.29. The fourth-order valence-electron chi connectivity index (χ4n) is 0.971. The van der Waals surface area contributed by atoms with Crippen LogP contribution in [0.5, 0.6) is 0 Å². The lowest BCUT2D eigenvalue weighted by atomic mass is 10.4. The summed E-state index contributed by atoms with van der Waals surface area (Å²) in [4.78, 5) is 15.5. The van der Waals surface area contributed by atoms with Crippen molar-refractivity contribution in [2.45, 2.75) is 5.16 Å². The number of rotatable bonds is 3. The molecule has 7 heteroatoms. The van der Waals surface area contributed by atoms with Crippen LogP contribution in [0.25, 0.3) is 0 Å². The molecule has 0 spiro atoms. The zero-order valence-electron chi connectivity index (χ0n) is 7.85. The summed E-state index contributed by atoms with van der Waals surface area (Å²) in [7, 11) is 0. The SMILES string of the molecule is CSc1n[nH]c(NC(=O)c2ccco2)n1. The van der Waals surface area contributed by atoms with Gasteiger partial charge in [0, 0.05) is 0 Å². The molecule has 0 aromatic carbocycles. The maximum atomic E-state index is 11.5. The smallest absolute Gasteiger partial charge is 0.293 e. The molecule has 0 radical (unpaired) electrons. The molecule has 2 aromatic heterocycles. The van der Waals surface area contributed by atoms with Gasteiger partial charge in [-0.3, -0.25) is 10.1 Å². The quantitative estimate of drug-likeness (QED) is 0.769. The van der Waals surface area contributed by atoms with E-state index in [0.717, 1.165) is 0 Å². The van der Waals surface area contributed by atoms with Gasteiger partial charge in [0.2, 0.25) is 11.1 Å². The van der Waals surface area contributed by atoms with E-state index in [-0.39, 0.29) is 11.7 Å². The number of furan rings is 1. The van der Waals surface area contributed by atoms with Crippen LogP contribution in [0, 0.1) is 0 Å². The molecule has 0 unspecified atom stereocenters. The standard InChI is InChI=1S/C8H8N4O2S/c1-15-8-10-7(11-12-8)9-6(13)5-3-2-4-14-5/h2-4H,1H3,(H2,9,10,11,12,13). The summed E-state index contributed by atoms with van der Waals surface area (Å²) < 4.78 is 4.92. The Hall–Kier alpha value is -1.76. The first-order valence-electron chi connectivity index (χ1n) is 4.11. The number of nitrogens with one attached hydrogen (secondary N) is 2. The molecule has 2 N–H and O–H groups in total. The van der Waals surface area contributed by atoms with Crippen molar-refractivity contribution in [1.82, 2.24) is 15.2 Å². The van der Waals surface area contributed by atoms with Gasteiger partial charge in [0.25, 0.3) is 5.91 Å². The van der Waals surface area contributed by atoms with Gasteiger partial charge >= 0.3 is 0 Å². The number of aromatic nitrogens is 3. The van der Waals surface area contributed by atoms with Gasteiger partial charge in [0.05, 0.1) is 6.26 Å². The highest BCUT2D eigenvalue weighted by molar-refractivity contribution is 7.98. The molecule has 0 fully saturated rings. The predicted octanol–water partition coefficient (Wildman–Crippen LogP) is 1.37. The number of amides is 1. The molecule has 0 bridgehead atoms. The molecule has 2 aromatic rings. The number of carbonyl (C=O) groups excluding carboxylic acids is 1. The summed E-state index contributed by atoms with van der Waals surface area (Å²) in [6.07, 6.45) is 3.28. The van der Waals surface area contributed by atoms with Crippen molar-refractivity contribution in [3.05, 3.63) is 24.2 Å². The van der Waals surface area contributed by atoms with Crippen molar-refractivity contribution >= 4 is 23.6 Å². The summed E-state index contributed by atoms with van der Waals surface area (Å²) in [5.74, 6) is 0.182. The van der Waals surface area contributed by atoms with Gasteiger partial charge in [-0.15, -0.1) is 5.10 Å². The van der Waals surface area contributed by atoms with Crippen LogP contribution >= 0.6 is 11.8 Å². The van der Waals surface area contributed by atoms with E-state index in [1.807, 2.05) is 6.26 Å². The molecule has 2 rings (SSSR count). The van der Waals surface area contributed by atoms with Gasteiger partial charge in [-0.25, -0.2) is 5.10 Å². The van der Waals surface area contributed by atoms with Crippen LogP contribution < -0.4 is 5.32 Å². The average molecular weight is 224 g/mol. The lowest BCUT2D eigenvalue weighted by Gasteiger charge is -1.95. The molecule has 0 saturated heterocycles. The fraction of sp³-hybridized carbons (Fsp3) is 0.125. The third kappa shape index (κ3) is 2.18. The fourth-order valence-corrected chi connectivity index (χ4v) is 1.29. The van der Waals surface area contributed by atoms with Crippen LogP contribution in [0.3, 0.4) is 0 Å². The van der Waals surface area contributed by atoms with Crippen LogP contribution in [0.1, 0.15) is 10.6 Å². The topological polar surface area (TPSA) is 83.8 Å². The second-order valence-electron chi connectivity index (χ2n) is 2.60. The van der Waals surface area contributed by atoms with E-state index in [2.05, 4.69) is 20.5 Å². The Kier molecular flexibility index (Phi) is 2.72. The number of anilines is 1. The van der Waals surface area contributed by atoms with E-state index < -0.39 is 0 Å². The molecule has 0 aliphatic rings. The van der Waals surface area contributed by atoms with Gasteiger partial charge in [0.15, 0.2) is 5.76 Å². The van der Waals surface area contributed by atoms with Gasteiger partial charge in [-0.05, 0) is 18.4 Å². The lowest BCUT2D eigenvalue weighted by molar-refractivity contribution is 0.0996. The van der Waals surface area contributed by atoms with E-state index in [1.54, 1.807) is 12.1 Å². The van der Waals surface area contributed by atoms with Crippen LogP contribution in [0.2, 0.25) is 0 Å². The number of carbonyl (C=O) groups is 1. The van der Waals surface area contributed by atoms with Crippen molar-refractivity contribution in [2.75, 3.05) is 11.6 Å². The maximum absolute atomic E-state index is 11.5. The maximum Gasteiger partial charge on any atom is 0.293 e. The summed E-state index contributed by atoms with van der Waals surface area (Å²) in [5, 5.41) is 9.54. The molecule has 78 valence electrons. The highest BCUT2D eigenvalue weighted by Gasteiger charge is 2.10. The average Bonchev–Trinajstić information content (AvgIpc) is 2.87. The second-order valence-corrected chi connectivity index (χ2v) is 3.38. The van der Waals surface area contributed by atoms with Gasteiger partial charge in [0.1, 0.15) is 0 Å². The molecule has 0 aliphatic carbocycles. The zero-order valence-corrected chi connectivity index (χ0v) is 8.67. The minimum absolute atomic E-state index is 0.233. The first kappa shape index (κ1) is 9.78. The van der Waals surface area contributed by atoms with Crippen LogP contribution in [-0.2, 0) is 0 Å². The molecule has 0 saturated carbocycles. The first-order valence-corrected chi connectivity index (χ1v) is 5.33. The van der Waals surface area contributed by atoms with Crippen molar-refractivity contribution in [3.8, 4) is 0 Å². The Labute approximate surface area is 89.5 Å². The Balaban J connectivity index is 2.06. The largest absolute Gasteiger partial charge is 0.459 e. The Morgan fingerprint density at radius 1 is 1.67 bits per heavy atom. The van der Waals surface area contributed by atoms with Crippen molar-refractivity contribution in [2.24, 2.45) is 0 Å². The Morgan fingerprint density at radius 3 is 3.13 bits per heavy atom. The number of hydrogen-bond donors (Lipinski definition) is 2. The van der Waals surface area contributed by atoms with Crippen LogP contribution in [0.15, 0.2) is 28.0 Å². The van der Waals surface area contributed by atoms with Crippen LogP contribution in [0.4, 0.5) is 5.95 Å². The number of H-pyrrole nitrogens is 1. The third-order valence-corrected chi connectivity index (χ3v) is 2.17. The molecule has 2 heterocycles. The Bertz CT molecular complexity index is 451. The molecular formula is C8H8N4O2S. The third-order valence-electron chi connectivity index (χ3n) is 1.62. The van der Waals surface area contributed by atoms with Gasteiger partial charge in [-0.2, -0.15) is 4.98 Å². The normalized spacial score (nSPS) is 10.2. The minimum Gasteiger partial charge on any atom is -0.459 e. The summed E-state index contributed by atoms with van der Waals surface area (Å²) in [5.41, 5.74) is 0. The summed E-state index contributed by atoms with van der Waals surface area (Å²) >= 11 is 1.39. The summed E-state index contributed by atoms with van der Waals surface area (Å²) in [6.45, 7) is 0. The number of thioether (sulfide) groups is 1. The molecule has 6 nitrogen and oxygen atoms in total. The van der Waals surface area contributed by atoms with Crippen molar-refractivity contribution < 1.29 is 9.21 Å². The molecule has 15 heavy (non-hydrogen) atoms. The molecule has 1 amide bonds. The second kappa shape index (κ2) is 4.18. The van der Waals surface area contributed by atoms with E-state index in [4.69, 9.17) is 4.42 Å². The molecular weight excluding hydrogens is 216 g/mol. The molecule has 0 aliphatic heterocycles. The lowest BCUT2D eigenvalue weighted by Crippen LogP contribution is -2.11. The highest BCUT2D eigenvalue weighted by atomic mass is 32.2. The predicted molar refractivity (Wildman–Crippen MR) is 54.8 cm³/mol. The van der Waals surface area contributed by atoms with Crippen molar-refractivity contribution in [1.29, 1.82) is 0 Å². The highest BCUT2D eigenvalue weighted by Crippen LogP contribution is 2.10. The monoisotopic (exact) mass is 224 g/mol. The van der Waals surface area contributed by atoms with E-state index in [1.165, 1.54) is 18.0 Å². The summed E-state index contributed by atoms with van der Waals surface area (Å²) in [6, 6.07) is 3.21. The van der Waals surface area contributed by atoms with E-state index >= 15 is 0 Å². The number of aromatic amines is 1. The zero-order chi connectivity index (χ0) is 10.7. The molecule has 0 atom stereocenters. The van der Waals surface area contributed by atoms with Crippen molar-refractivity contribution in [3.63, 3.8) is 0 Å². The number of nitrogens with zero attached hydrogens (tertiary/aromatic N) is 2. The minimum atomic E-state index is -0.358. The number of hydrogen-bond acceptors (Lipinski definition) is 5. The van der Waals surface area contributed by atoms with Gasteiger partial charge < -0.3 is 4.42 Å².